The van der Waals surface area contributed by atoms with Crippen LogP contribution in [0.15, 0.2) is 116 Å². The van der Waals surface area contributed by atoms with Crippen LogP contribution in [0.3, 0.4) is 0 Å². The second-order valence-corrected chi connectivity index (χ2v) is 34.1. The van der Waals surface area contributed by atoms with Crippen molar-refractivity contribution in [3.63, 3.8) is 0 Å². The fraction of sp³-hybridized carbons (Fsp3) is 0.519. The van der Waals surface area contributed by atoms with Crippen molar-refractivity contribution >= 4 is 0 Å². The summed E-state index contributed by atoms with van der Waals surface area (Å²) in [6.45, 7) is 71.2. The Hall–Kier alpha value is -5.47. The Labute approximate surface area is 508 Å². The third-order valence-electron chi connectivity index (χ3n) is 18.4. The fourth-order valence-electron chi connectivity index (χ4n) is 12.0. The molecule has 0 bridgehead atoms. The summed E-state index contributed by atoms with van der Waals surface area (Å²) < 4.78 is 5.01. The molecule has 0 fully saturated rings. The molecular weight excluding hydrogens is 1000 g/mol. The predicted octanol–water partition coefficient (Wildman–Crippen LogP) is 22.4. The highest BCUT2D eigenvalue weighted by molar-refractivity contribution is 5.60. The summed E-state index contributed by atoms with van der Waals surface area (Å²) in [5.74, 6) is 0.355. The minimum absolute atomic E-state index is 0.0118. The van der Waals surface area contributed by atoms with Gasteiger partial charge in [0.05, 0.1) is 0 Å². The molecule has 1 aromatic heterocycles. The van der Waals surface area contributed by atoms with Crippen molar-refractivity contribution < 1.29 is 4.57 Å². The maximum absolute atomic E-state index is 2.51. The van der Waals surface area contributed by atoms with E-state index in [1.807, 2.05) is 0 Å². The molecular formula is C81H113N2+. The van der Waals surface area contributed by atoms with Crippen LogP contribution in [0.4, 0.5) is 0 Å². The van der Waals surface area contributed by atoms with Gasteiger partial charge in [-0.15, -0.1) is 0 Å². The van der Waals surface area contributed by atoms with Crippen LogP contribution in [-0.4, -0.2) is 4.57 Å². The molecule has 0 amide bonds. The number of aryl methyl sites for hydroxylation is 2. The third-order valence-corrected chi connectivity index (χ3v) is 18.4. The normalized spacial score (nSPS) is 14.9. The Balaban J connectivity index is 1.61. The van der Waals surface area contributed by atoms with Gasteiger partial charge in [0.25, 0.3) is 6.33 Å². The number of imidazole rings is 1. The summed E-state index contributed by atoms with van der Waals surface area (Å²) >= 11 is 0. The Morgan fingerprint density at radius 1 is 0.289 bits per heavy atom. The van der Waals surface area contributed by atoms with Crippen LogP contribution < -0.4 is 4.57 Å². The van der Waals surface area contributed by atoms with Gasteiger partial charge in [0.1, 0.15) is 23.8 Å². The van der Waals surface area contributed by atoms with Crippen molar-refractivity contribution in [1.29, 1.82) is 0 Å². The van der Waals surface area contributed by atoms with Crippen molar-refractivity contribution in [2.24, 2.45) is 0 Å². The van der Waals surface area contributed by atoms with Gasteiger partial charge in [-0.2, -0.15) is 0 Å². The predicted molar refractivity (Wildman–Crippen MR) is 362 cm³/mol. The first-order valence-corrected chi connectivity index (χ1v) is 31.7. The van der Waals surface area contributed by atoms with Crippen LogP contribution in [0.2, 0.25) is 0 Å². The molecule has 0 saturated carbocycles. The molecule has 0 saturated heterocycles. The van der Waals surface area contributed by atoms with E-state index in [1.165, 1.54) is 112 Å². The zero-order valence-electron chi connectivity index (χ0n) is 58.2. The summed E-state index contributed by atoms with van der Waals surface area (Å²) in [5, 5.41) is 0. The lowest BCUT2D eigenvalue weighted by Crippen LogP contribution is -2.33. The molecule has 0 aliphatic rings. The summed E-state index contributed by atoms with van der Waals surface area (Å²) in [5.41, 5.74) is 26.9. The van der Waals surface area contributed by atoms with Crippen molar-refractivity contribution in [3.8, 4) is 11.4 Å². The Kier molecular flexibility index (Phi) is 17.6. The molecule has 0 spiro atoms. The van der Waals surface area contributed by atoms with Gasteiger partial charge in [0.15, 0.2) is 0 Å². The molecule has 2 heteroatoms. The number of aromatic nitrogens is 2. The van der Waals surface area contributed by atoms with Crippen molar-refractivity contribution in [2.75, 3.05) is 0 Å². The molecule has 1 heterocycles. The molecule has 83 heavy (non-hydrogen) atoms. The van der Waals surface area contributed by atoms with Gasteiger partial charge in [-0.25, -0.2) is 9.13 Å². The highest BCUT2D eigenvalue weighted by Crippen LogP contribution is 2.45. The molecule has 7 rings (SSSR count). The Morgan fingerprint density at radius 3 is 0.711 bits per heavy atom. The zero-order chi connectivity index (χ0) is 62.4. The zero-order valence-corrected chi connectivity index (χ0v) is 58.2. The van der Waals surface area contributed by atoms with Crippen LogP contribution in [0, 0.1) is 13.8 Å². The van der Waals surface area contributed by atoms with E-state index in [-0.39, 0.29) is 67.0 Å². The summed E-state index contributed by atoms with van der Waals surface area (Å²) in [6, 6.07) is 40.0. The maximum Gasteiger partial charge on any atom is 0.254 e. The second-order valence-electron chi connectivity index (χ2n) is 34.1. The fourth-order valence-corrected chi connectivity index (χ4v) is 12.0. The monoisotopic (exact) mass is 1110 g/mol. The van der Waals surface area contributed by atoms with Crippen LogP contribution in [0.1, 0.15) is 318 Å². The first-order chi connectivity index (χ1) is 37.6. The first-order valence-electron chi connectivity index (χ1n) is 31.7. The lowest BCUT2D eigenvalue weighted by molar-refractivity contribution is -0.596. The average Bonchev–Trinajstić information content (AvgIpc) is 3.63. The van der Waals surface area contributed by atoms with E-state index >= 15 is 0 Å². The van der Waals surface area contributed by atoms with Gasteiger partial charge in [-0.3, -0.25) is 0 Å². The molecule has 6 aromatic carbocycles. The van der Waals surface area contributed by atoms with Gasteiger partial charge < -0.3 is 0 Å². The van der Waals surface area contributed by atoms with E-state index in [1.54, 1.807) is 0 Å². The molecule has 0 unspecified atom stereocenters. The summed E-state index contributed by atoms with van der Waals surface area (Å²) in [4.78, 5) is 0. The van der Waals surface area contributed by atoms with E-state index in [2.05, 4.69) is 333 Å². The van der Waals surface area contributed by atoms with E-state index in [0.29, 0.717) is 0 Å². The van der Waals surface area contributed by atoms with Gasteiger partial charge in [0, 0.05) is 45.9 Å². The highest BCUT2D eigenvalue weighted by Gasteiger charge is 2.34. The van der Waals surface area contributed by atoms with Crippen molar-refractivity contribution in [2.45, 2.75) is 275 Å². The largest absolute Gasteiger partial charge is 0.254 e. The molecule has 2 nitrogen and oxygen atoms in total. The molecule has 0 radical (unpaired) electrons. The number of hydrogen-bond acceptors (Lipinski definition) is 0. The first kappa shape index (κ1) is 65.1. The van der Waals surface area contributed by atoms with Crippen LogP contribution in [-0.2, 0) is 43.3 Å². The number of hydrogen-bond donors (Lipinski definition) is 0. The molecule has 0 aliphatic heterocycles. The number of nitrogens with zero attached hydrogens (tertiary/aromatic N) is 2. The topological polar surface area (TPSA) is 8.81 Å². The molecule has 446 valence electrons. The van der Waals surface area contributed by atoms with Crippen LogP contribution in [0.25, 0.3) is 11.4 Å². The van der Waals surface area contributed by atoms with Crippen molar-refractivity contribution in [1.82, 2.24) is 4.57 Å². The van der Waals surface area contributed by atoms with Crippen LogP contribution in [0.5, 0.6) is 0 Å². The van der Waals surface area contributed by atoms with Gasteiger partial charge >= 0.3 is 0 Å². The Bertz CT molecular complexity index is 2920. The summed E-state index contributed by atoms with van der Waals surface area (Å²) in [6.07, 6.45) is 7.17. The average molecular weight is 1110 g/mol. The van der Waals surface area contributed by atoms with E-state index in [9.17, 15) is 0 Å². The lowest BCUT2D eigenvalue weighted by atomic mass is 9.76. The third kappa shape index (κ3) is 14.4. The van der Waals surface area contributed by atoms with E-state index in [4.69, 9.17) is 0 Å². The van der Waals surface area contributed by atoms with Gasteiger partial charge in [0.2, 0.25) is 0 Å². The molecule has 4 atom stereocenters. The molecule has 0 N–H and O–H groups in total. The van der Waals surface area contributed by atoms with Crippen LogP contribution >= 0.6 is 0 Å². The van der Waals surface area contributed by atoms with E-state index in [0.717, 1.165) is 0 Å². The smallest absolute Gasteiger partial charge is 0.201 e. The highest BCUT2D eigenvalue weighted by atomic mass is 15.1. The van der Waals surface area contributed by atoms with Gasteiger partial charge in [-0.05, 0) is 124 Å². The van der Waals surface area contributed by atoms with Crippen molar-refractivity contribution in [3.05, 3.63) is 216 Å². The van der Waals surface area contributed by atoms with Gasteiger partial charge in [-0.1, -0.05) is 302 Å². The standard InChI is InChI=1S/C81H113N2/c1-50-33-68(52(3)56-37-60(74(7,8)9)45-61(38-56)75(10,11)12)72(69(34-50)53(4)57-39-62(76(13,14)15)46-63(40-57)77(16,17)18)82-31-32-83(49-82)73-70(54(5)58-41-64(78(19,20)21)47-65(42-58)79(22,23)24)35-51(2)36-71(73)55(6)59-43-66(80(25,26)27)48-67(44-59)81(28,29)30/h31-49,52-55H,1-30H3/q+1/t52-,53-,54-,55-/m1/s1. The lowest BCUT2D eigenvalue weighted by Gasteiger charge is -2.29. The molecule has 0 aliphatic carbocycles. The quantitative estimate of drug-likeness (QED) is 0.121. The maximum atomic E-state index is 2.51. The summed E-state index contributed by atoms with van der Waals surface area (Å²) in [7, 11) is 0. The van der Waals surface area contributed by atoms with E-state index < -0.39 is 0 Å². The SMILES string of the molecule is Cc1cc([C@H](C)c2cc(C(C)(C)C)cc(C(C)(C)C)c2)c(-n2cc[n+](-c3c([C@H](C)c4cc(C(C)(C)C)cc(C(C)(C)C)c4)cc(C)cc3[C@H](C)c3cc(C(C)(C)C)cc(C(C)(C)C)c3)c2)c([C@H](C)c2cc(C(C)(C)C)cc(C(C)(C)C)c2)c1. The minimum Gasteiger partial charge on any atom is -0.201 e. The second kappa shape index (κ2) is 22.4. The molecule has 7 aromatic rings. The minimum atomic E-state index is -0.0118. The Morgan fingerprint density at radius 2 is 0.494 bits per heavy atom. The number of benzene rings is 6. The number of rotatable bonds is 10.